The molecule has 1 saturated heterocycles. The van der Waals surface area contributed by atoms with Crippen LogP contribution in [0.5, 0.6) is 0 Å². The molecule has 0 aliphatic carbocycles. The van der Waals surface area contributed by atoms with Crippen molar-refractivity contribution in [2.24, 2.45) is 5.92 Å². The second kappa shape index (κ2) is 11.5. The topological polar surface area (TPSA) is 113 Å². The van der Waals surface area contributed by atoms with Crippen LogP contribution in [0.15, 0.2) is 78.9 Å². The van der Waals surface area contributed by atoms with Crippen molar-refractivity contribution >= 4 is 23.5 Å². The fourth-order valence-corrected chi connectivity index (χ4v) is 4.78. The van der Waals surface area contributed by atoms with Crippen LogP contribution in [-0.2, 0) is 16.0 Å². The Hall–Kier alpha value is -4.13. The molecule has 7 nitrogen and oxygen atoms in total. The molecule has 3 aromatic carbocycles. The highest BCUT2D eigenvalue weighted by molar-refractivity contribution is 5.95. The largest absolute Gasteiger partial charge is 0.481 e. The molecular formula is C29H31N3O4. The molecule has 4 rings (SSSR count). The standard InChI is InChI=1S/C29H31N3O4/c30-25-10-4-9-23(16-25)21-11-13-22(14-12-21)28(35)31-19-26-17-24(18-27(33)34)29(36)32(26)15-5-8-20-6-2-1-3-7-20/h1-4,6-7,9-14,16,24,26H,5,8,15,17-19,30H2,(H,31,35)(H,33,34)/t24-,26-/m0/s1. The monoisotopic (exact) mass is 485 g/mol. The number of amides is 2. The van der Waals surface area contributed by atoms with E-state index >= 15 is 0 Å². The van der Waals surface area contributed by atoms with Gasteiger partial charge in [0.2, 0.25) is 5.91 Å². The number of carbonyl (C=O) groups excluding carboxylic acids is 2. The van der Waals surface area contributed by atoms with E-state index in [4.69, 9.17) is 5.73 Å². The molecule has 7 heteroatoms. The second-order valence-electron chi connectivity index (χ2n) is 9.22. The number of hydrogen-bond donors (Lipinski definition) is 3. The van der Waals surface area contributed by atoms with E-state index in [2.05, 4.69) is 17.4 Å². The number of nitrogen functional groups attached to an aromatic ring is 1. The van der Waals surface area contributed by atoms with Gasteiger partial charge in [-0.3, -0.25) is 14.4 Å². The van der Waals surface area contributed by atoms with E-state index < -0.39 is 11.9 Å². The fourth-order valence-electron chi connectivity index (χ4n) is 4.78. The zero-order valence-electron chi connectivity index (χ0n) is 20.1. The highest BCUT2D eigenvalue weighted by Gasteiger charge is 2.40. The maximum atomic E-state index is 12.9. The van der Waals surface area contributed by atoms with Gasteiger partial charge in [0.1, 0.15) is 0 Å². The normalized spacial score (nSPS) is 17.2. The lowest BCUT2D eigenvalue weighted by molar-refractivity contribution is -0.142. The summed E-state index contributed by atoms with van der Waals surface area (Å²) in [5, 5.41) is 12.2. The molecule has 0 bridgehead atoms. The Kier molecular flexibility index (Phi) is 8.00. The van der Waals surface area contributed by atoms with Gasteiger partial charge in [-0.15, -0.1) is 0 Å². The third kappa shape index (κ3) is 6.30. The van der Waals surface area contributed by atoms with Crippen LogP contribution in [0.25, 0.3) is 11.1 Å². The van der Waals surface area contributed by atoms with Crippen LogP contribution in [0.3, 0.4) is 0 Å². The number of likely N-dealkylation sites (tertiary alicyclic amines) is 1. The van der Waals surface area contributed by atoms with E-state index in [1.54, 1.807) is 17.0 Å². The van der Waals surface area contributed by atoms with Gasteiger partial charge in [-0.25, -0.2) is 0 Å². The highest BCUT2D eigenvalue weighted by Crippen LogP contribution is 2.28. The van der Waals surface area contributed by atoms with Gasteiger partial charge in [-0.05, 0) is 60.2 Å². The number of nitrogens with zero attached hydrogens (tertiary/aromatic N) is 1. The summed E-state index contributed by atoms with van der Waals surface area (Å²) in [6.07, 6.45) is 1.83. The molecule has 0 saturated carbocycles. The summed E-state index contributed by atoms with van der Waals surface area (Å²) in [5.41, 5.74) is 10.2. The minimum absolute atomic E-state index is 0.142. The van der Waals surface area contributed by atoms with E-state index in [1.807, 2.05) is 54.6 Å². The molecule has 186 valence electrons. The Balaban J connectivity index is 1.37. The Morgan fingerprint density at radius 3 is 2.42 bits per heavy atom. The first kappa shape index (κ1) is 25.0. The van der Waals surface area contributed by atoms with Crippen LogP contribution in [0.4, 0.5) is 5.69 Å². The van der Waals surface area contributed by atoms with Gasteiger partial charge in [0.15, 0.2) is 0 Å². The van der Waals surface area contributed by atoms with Gasteiger partial charge in [-0.2, -0.15) is 0 Å². The lowest BCUT2D eigenvalue weighted by Gasteiger charge is -2.25. The Morgan fingerprint density at radius 1 is 0.972 bits per heavy atom. The molecule has 3 aromatic rings. The summed E-state index contributed by atoms with van der Waals surface area (Å²) in [5.74, 6) is -1.91. The van der Waals surface area contributed by atoms with Crippen LogP contribution >= 0.6 is 0 Å². The van der Waals surface area contributed by atoms with Gasteiger partial charge in [-0.1, -0.05) is 54.6 Å². The van der Waals surface area contributed by atoms with Crippen LogP contribution in [0.2, 0.25) is 0 Å². The van der Waals surface area contributed by atoms with E-state index in [0.717, 1.165) is 24.0 Å². The average molecular weight is 486 g/mol. The van der Waals surface area contributed by atoms with E-state index in [9.17, 15) is 19.5 Å². The van der Waals surface area contributed by atoms with Gasteiger partial charge >= 0.3 is 5.97 Å². The number of benzene rings is 3. The lowest BCUT2D eigenvalue weighted by atomic mass is 10.0. The zero-order chi connectivity index (χ0) is 25.5. The molecular weight excluding hydrogens is 454 g/mol. The molecule has 36 heavy (non-hydrogen) atoms. The SMILES string of the molecule is Nc1cccc(-c2ccc(C(=O)NC[C@@H]3C[C@@H](CC(=O)O)C(=O)N3CCCc3ccccc3)cc2)c1. The molecule has 2 atom stereocenters. The van der Waals surface area contributed by atoms with Crippen molar-refractivity contribution in [3.05, 3.63) is 90.0 Å². The number of carboxylic acid groups (broad SMARTS) is 1. The fraction of sp³-hybridized carbons (Fsp3) is 0.276. The summed E-state index contributed by atoms with van der Waals surface area (Å²) in [6.45, 7) is 0.808. The number of carboxylic acids is 1. The maximum absolute atomic E-state index is 12.9. The summed E-state index contributed by atoms with van der Waals surface area (Å²) >= 11 is 0. The van der Waals surface area contributed by atoms with Crippen LogP contribution in [-0.4, -0.2) is 46.9 Å². The molecule has 0 unspecified atom stereocenters. The second-order valence-corrected chi connectivity index (χ2v) is 9.22. The number of aryl methyl sites for hydroxylation is 1. The molecule has 2 amide bonds. The minimum atomic E-state index is -0.984. The van der Waals surface area contributed by atoms with E-state index in [1.165, 1.54) is 5.56 Å². The van der Waals surface area contributed by atoms with Crippen molar-refractivity contribution in [2.45, 2.75) is 31.7 Å². The van der Waals surface area contributed by atoms with Crippen molar-refractivity contribution in [3.8, 4) is 11.1 Å². The van der Waals surface area contributed by atoms with Gasteiger partial charge in [0.25, 0.3) is 5.91 Å². The van der Waals surface area contributed by atoms with E-state index in [-0.39, 0.29) is 30.8 Å². The Morgan fingerprint density at radius 2 is 1.72 bits per heavy atom. The van der Waals surface area contributed by atoms with Crippen LogP contribution < -0.4 is 11.1 Å². The number of carbonyl (C=O) groups is 3. The van der Waals surface area contributed by atoms with Crippen LogP contribution in [0, 0.1) is 5.92 Å². The highest BCUT2D eigenvalue weighted by atomic mass is 16.4. The average Bonchev–Trinajstić information content (AvgIpc) is 3.17. The predicted molar refractivity (Wildman–Crippen MR) is 139 cm³/mol. The summed E-state index contributed by atoms with van der Waals surface area (Å²) in [4.78, 5) is 38.8. The molecule has 0 radical (unpaired) electrons. The van der Waals surface area contributed by atoms with Gasteiger partial charge < -0.3 is 21.1 Å². The summed E-state index contributed by atoms with van der Waals surface area (Å²) < 4.78 is 0. The molecule has 1 heterocycles. The molecule has 0 aromatic heterocycles. The molecule has 4 N–H and O–H groups in total. The van der Waals surface area contributed by atoms with Crippen LogP contribution in [0.1, 0.15) is 35.2 Å². The summed E-state index contributed by atoms with van der Waals surface area (Å²) in [7, 11) is 0. The predicted octanol–water partition coefficient (Wildman–Crippen LogP) is 3.99. The first-order valence-corrected chi connectivity index (χ1v) is 12.2. The van der Waals surface area contributed by atoms with Gasteiger partial charge in [0.05, 0.1) is 12.3 Å². The molecule has 0 spiro atoms. The van der Waals surface area contributed by atoms with Gasteiger partial charge in [0, 0.05) is 30.4 Å². The smallest absolute Gasteiger partial charge is 0.304 e. The Labute approximate surface area is 210 Å². The van der Waals surface area contributed by atoms with Crippen molar-refractivity contribution in [2.75, 3.05) is 18.8 Å². The third-order valence-electron chi connectivity index (χ3n) is 6.62. The van der Waals surface area contributed by atoms with Crippen molar-refractivity contribution in [1.29, 1.82) is 0 Å². The van der Waals surface area contributed by atoms with Crippen molar-refractivity contribution < 1.29 is 19.5 Å². The third-order valence-corrected chi connectivity index (χ3v) is 6.62. The number of rotatable bonds is 10. The Bertz CT molecular complexity index is 1210. The number of aliphatic carboxylic acids is 1. The number of nitrogens with two attached hydrogens (primary N) is 1. The van der Waals surface area contributed by atoms with Crippen molar-refractivity contribution in [3.63, 3.8) is 0 Å². The number of hydrogen-bond acceptors (Lipinski definition) is 4. The number of nitrogens with one attached hydrogen (secondary N) is 1. The minimum Gasteiger partial charge on any atom is -0.481 e. The first-order valence-electron chi connectivity index (χ1n) is 12.2. The van der Waals surface area contributed by atoms with E-state index in [0.29, 0.717) is 24.2 Å². The number of anilines is 1. The van der Waals surface area contributed by atoms with Crippen molar-refractivity contribution in [1.82, 2.24) is 10.2 Å². The quantitative estimate of drug-likeness (QED) is 0.376. The molecule has 1 aliphatic rings. The zero-order valence-corrected chi connectivity index (χ0v) is 20.1. The molecule has 1 aliphatic heterocycles. The first-order chi connectivity index (χ1) is 17.4. The maximum Gasteiger partial charge on any atom is 0.304 e. The lowest BCUT2D eigenvalue weighted by Crippen LogP contribution is -2.42. The molecule has 1 fully saturated rings. The summed E-state index contributed by atoms with van der Waals surface area (Å²) in [6, 6.07) is 24.6.